The summed E-state index contributed by atoms with van der Waals surface area (Å²) in [5, 5.41) is 3.55. The van der Waals surface area contributed by atoms with E-state index in [-0.39, 0.29) is 28.7 Å². The second kappa shape index (κ2) is 9.87. The molecule has 0 saturated heterocycles. The smallest absolute Gasteiger partial charge is 0.259 e. The van der Waals surface area contributed by atoms with Crippen molar-refractivity contribution in [3.05, 3.63) is 56.4 Å². The van der Waals surface area contributed by atoms with Gasteiger partial charge in [-0.15, -0.1) is 23.1 Å². The van der Waals surface area contributed by atoms with E-state index in [0.29, 0.717) is 17.0 Å². The lowest BCUT2D eigenvalue weighted by Gasteiger charge is -2.25. The summed E-state index contributed by atoms with van der Waals surface area (Å²) in [5.41, 5.74) is 1.92. The highest BCUT2D eigenvalue weighted by molar-refractivity contribution is 7.99. The predicted octanol–water partition coefficient (Wildman–Crippen LogP) is 4.75. The molecule has 8 heteroatoms. The van der Waals surface area contributed by atoms with Crippen molar-refractivity contribution < 1.29 is 9.53 Å². The summed E-state index contributed by atoms with van der Waals surface area (Å²) in [6.45, 7) is 9.99. The topological polar surface area (TPSA) is 84.1 Å². The third-order valence-corrected chi connectivity index (χ3v) is 7.62. The van der Waals surface area contributed by atoms with E-state index in [1.165, 1.54) is 23.1 Å². The van der Waals surface area contributed by atoms with E-state index < -0.39 is 0 Å². The van der Waals surface area contributed by atoms with Gasteiger partial charge in [-0.05, 0) is 49.9 Å². The van der Waals surface area contributed by atoms with E-state index in [1.807, 2.05) is 45.0 Å². The Morgan fingerprint density at radius 1 is 1.23 bits per heavy atom. The monoisotopic (exact) mass is 459 g/mol. The van der Waals surface area contributed by atoms with Crippen molar-refractivity contribution in [1.29, 1.82) is 0 Å². The third-order valence-electron chi connectivity index (χ3n) is 5.37. The number of hydrogen-bond acceptors (Lipinski definition) is 6. The molecule has 2 aromatic heterocycles. The maximum Gasteiger partial charge on any atom is 0.259 e. The number of aromatic amines is 1. The van der Waals surface area contributed by atoms with Gasteiger partial charge in [0, 0.05) is 4.88 Å². The van der Waals surface area contributed by atoms with Gasteiger partial charge >= 0.3 is 0 Å². The summed E-state index contributed by atoms with van der Waals surface area (Å²) in [4.78, 5) is 34.6. The molecule has 0 aliphatic rings. The highest BCUT2D eigenvalue weighted by Crippen LogP contribution is 2.27. The summed E-state index contributed by atoms with van der Waals surface area (Å²) in [6, 6.07) is 7.68. The van der Waals surface area contributed by atoms with Gasteiger partial charge in [-0.3, -0.25) is 9.59 Å². The van der Waals surface area contributed by atoms with Crippen LogP contribution in [0.5, 0.6) is 5.75 Å². The number of hydrogen-bond donors (Lipinski definition) is 2. The van der Waals surface area contributed by atoms with E-state index >= 15 is 0 Å². The molecule has 2 heterocycles. The number of rotatable bonds is 8. The number of ether oxygens (including phenoxy) is 1. The molecule has 0 saturated carbocycles. The number of thiophene rings is 1. The molecule has 0 bridgehead atoms. The van der Waals surface area contributed by atoms with Crippen molar-refractivity contribution in [2.75, 3.05) is 7.11 Å². The molecule has 0 aliphatic heterocycles. The number of benzene rings is 1. The number of carbonyl (C=O) groups is 1. The minimum absolute atomic E-state index is 0.0363. The molecule has 6 nitrogen and oxygen atoms in total. The quantitative estimate of drug-likeness (QED) is 0.508. The van der Waals surface area contributed by atoms with E-state index in [0.717, 1.165) is 26.6 Å². The van der Waals surface area contributed by atoms with Crippen LogP contribution in [0.15, 0.2) is 29.1 Å². The van der Waals surface area contributed by atoms with Crippen molar-refractivity contribution in [1.82, 2.24) is 15.3 Å². The number of H-pyrrole nitrogens is 1. The first-order valence-corrected chi connectivity index (χ1v) is 12.1. The fourth-order valence-corrected chi connectivity index (χ4v) is 5.18. The molecule has 0 radical (unpaired) electrons. The zero-order chi connectivity index (χ0) is 22.7. The second-order valence-electron chi connectivity index (χ2n) is 7.93. The minimum Gasteiger partial charge on any atom is -0.497 e. The standard InChI is InChI=1S/C23H29N3O3S2/c1-12(2)20(16-7-9-17(29-6)10-8-16)26-21(27)15(5)30-11-18-24-22(28)19-13(3)14(4)31-23(19)25-18/h7-10,12,15,20H,11H2,1-6H3,(H,26,27)(H,24,25,28). The number of aromatic nitrogens is 2. The van der Waals surface area contributed by atoms with Crippen LogP contribution >= 0.6 is 23.1 Å². The van der Waals surface area contributed by atoms with Crippen molar-refractivity contribution in [2.24, 2.45) is 5.92 Å². The van der Waals surface area contributed by atoms with Crippen molar-refractivity contribution in [3.8, 4) is 5.75 Å². The van der Waals surface area contributed by atoms with Crippen molar-refractivity contribution in [2.45, 2.75) is 51.7 Å². The molecule has 1 amide bonds. The van der Waals surface area contributed by atoms with E-state index in [1.54, 1.807) is 7.11 Å². The van der Waals surface area contributed by atoms with Crippen molar-refractivity contribution >= 4 is 39.2 Å². The first kappa shape index (κ1) is 23.3. The molecule has 2 N–H and O–H groups in total. The number of thioether (sulfide) groups is 1. The maximum absolute atomic E-state index is 12.9. The normalized spacial score (nSPS) is 13.4. The van der Waals surface area contributed by atoms with Crippen LogP contribution in [-0.2, 0) is 10.5 Å². The Labute approximate surface area is 190 Å². The lowest BCUT2D eigenvalue weighted by Crippen LogP contribution is -2.36. The summed E-state index contributed by atoms with van der Waals surface area (Å²) in [6.07, 6.45) is 0. The average molecular weight is 460 g/mol. The van der Waals surface area contributed by atoms with E-state index in [2.05, 4.69) is 29.1 Å². The number of aryl methyl sites for hydroxylation is 2. The number of amides is 1. The van der Waals surface area contributed by atoms with Crippen LogP contribution in [0.1, 0.15) is 48.6 Å². The molecule has 2 unspecified atom stereocenters. The van der Waals surface area contributed by atoms with Crippen LogP contribution in [0, 0.1) is 19.8 Å². The Morgan fingerprint density at radius 2 is 1.90 bits per heavy atom. The fourth-order valence-electron chi connectivity index (χ4n) is 3.36. The van der Waals surface area contributed by atoms with E-state index in [4.69, 9.17) is 4.74 Å². The number of nitrogens with zero attached hydrogens (tertiary/aromatic N) is 1. The third kappa shape index (κ3) is 5.30. The Hall–Kier alpha value is -2.32. The molecule has 2 atom stereocenters. The van der Waals surface area contributed by atoms with Gasteiger partial charge in [-0.2, -0.15) is 0 Å². The maximum atomic E-state index is 12.9. The first-order chi connectivity index (χ1) is 14.7. The minimum atomic E-state index is -0.285. The largest absolute Gasteiger partial charge is 0.497 e. The molecule has 1 aromatic carbocycles. The lowest BCUT2D eigenvalue weighted by atomic mass is 9.96. The highest BCUT2D eigenvalue weighted by atomic mass is 32.2. The summed E-state index contributed by atoms with van der Waals surface area (Å²) in [7, 11) is 1.64. The Morgan fingerprint density at radius 3 is 2.52 bits per heavy atom. The van der Waals surface area contributed by atoms with Gasteiger partial charge in [0.25, 0.3) is 5.56 Å². The molecular formula is C23H29N3O3S2. The molecule has 0 fully saturated rings. The lowest BCUT2D eigenvalue weighted by molar-refractivity contribution is -0.121. The predicted molar refractivity (Wildman–Crippen MR) is 129 cm³/mol. The van der Waals surface area contributed by atoms with Crippen molar-refractivity contribution in [3.63, 3.8) is 0 Å². The van der Waals surface area contributed by atoms with Crippen LogP contribution < -0.4 is 15.6 Å². The Kier molecular flexibility index (Phi) is 7.43. The number of nitrogens with one attached hydrogen (secondary N) is 2. The molecule has 3 rings (SSSR count). The zero-order valence-electron chi connectivity index (χ0n) is 18.7. The Balaban J connectivity index is 1.66. The molecule has 166 valence electrons. The zero-order valence-corrected chi connectivity index (χ0v) is 20.4. The molecule has 31 heavy (non-hydrogen) atoms. The van der Waals surface area contributed by atoms with Gasteiger partial charge in [0.2, 0.25) is 5.91 Å². The number of carbonyl (C=O) groups excluding carboxylic acids is 1. The fraction of sp³-hybridized carbons (Fsp3) is 0.435. The summed E-state index contributed by atoms with van der Waals surface area (Å²) >= 11 is 2.99. The molecular weight excluding hydrogens is 430 g/mol. The van der Waals surface area contributed by atoms with Crippen LogP contribution in [0.3, 0.4) is 0 Å². The van der Waals surface area contributed by atoms with Crippen LogP contribution in [0.4, 0.5) is 0 Å². The van der Waals surface area contributed by atoms with Gasteiger partial charge in [-0.1, -0.05) is 26.0 Å². The van der Waals surface area contributed by atoms with Gasteiger partial charge in [-0.25, -0.2) is 4.98 Å². The van der Waals surface area contributed by atoms with Crippen LogP contribution in [-0.4, -0.2) is 28.2 Å². The number of fused-ring (bicyclic) bond motifs is 1. The van der Waals surface area contributed by atoms with Gasteiger partial charge in [0.15, 0.2) is 0 Å². The average Bonchev–Trinajstić information content (AvgIpc) is 3.03. The van der Waals surface area contributed by atoms with Gasteiger partial charge in [0.05, 0.1) is 29.5 Å². The van der Waals surface area contributed by atoms with E-state index in [9.17, 15) is 9.59 Å². The molecule has 0 spiro atoms. The summed E-state index contributed by atoms with van der Waals surface area (Å²) < 4.78 is 5.22. The molecule has 3 aromatic rings. The summed E-state index contributed by atoms with van der Waals surface area (Å²) in [5.74, 6) is 2.05. The second-order valence-corrected chi connectivity index (χ2v) is 10.5. The van der Waals surface area contributed by atoms with Crippen LogP contribution in [0.25, 0.3) is 10.2 Å². The highest BCUT2D eigenvalue weighted by Gasteiger charge is 2.22. The van der Waals surface area contributed by atoms with Gasteiger partial charge in [0.1, 0.15) is 16.4 Å². The Bertz CT molecular complexity index is 1120. The first-order valence-electron chi connectivity index (χ1n) is 10.3. The SMILES string of the molecule is COc1ccc(C(NC(=O)C(C)SCc2nc3sc(C)c(C)c3c(=O)[nH]2)C(C)C)cc1. The molecule has 0 aliphatic carbocycles. The van der Waals surface area contributed by atoms with Crippen LogP contribution in [0.2, 0.25) is 0 Å². The number of methoxy groups -OCH3 is 1. The van der Waals surface area contributed by atoms with Gasteiger partial charge < -0.3 is 15.0 Å².